The van der Waals surface area contributed by atoms with Gasteiger partial charge >= 0.3 is 5.97 Å². The number of allylic oxidation sites excluding steroid dienone is 3. The summed E-state index contributed by atoms with van der Waals surface area (Å²) in [6.07, 6.45) is 6.16. The molecule has 0 aromatic heterocycles. The van der Waals surface area contributed by atoms with E-state index in [0.717, 1.165) is 6.08 Å². The molecule has 0 spiro atoms. The van der Waals surface area contributed by atoms with Crippen molar-refractivity contribution in [3.63, 3.8) is 0 Å². The molecular weight excluding hydrogens is 224 g/mol. The van der Waals surface area contributed by atoms with Crippen LogP contribution in [0, 0.1) is 11.3 Å². The molecule has 0 saturated heterocycles. The average molecular weight is 238 g/mol. The van der Waals surface area contributed by atoms with Crippen molar-refractivity contribution < 1.29 is 9.53 Å². The van der Waals surface area contributed by atoms with E-state index in [1.54, 1.807) is 18.4 Å². The van der Waals surface area contributed by atoms with Crippen LogP contribution in [0.5, 0.6) is 0 Å². The molecule has 86 valence electrons. The van der Waals surface area contributed by atoms with Gasteiger partial charge in [0.25, 0.3) is 0 Å². The number of ether oxygens (including phenoxy) is 1. The highest BCUT2D eigenvalue weighted by Gasteiger charge is 1.95. The smallest absolute Gasteiger partial charge is 0.330 e. The highest BCUT2D eigenvalue weighted by molar-refractivity contribution is 7.84. The maximum absolute atomic E-state index is 10.7. The van der Waals surface area contributed by atoms with Crippen LogP contribution in [0.4, 0.5) is 0 Å². The van der Waals surface area contributed by atoms with Crippen molar-refractivity contribution in [2.75, 3.05) is 20.2 Å². The fourth-order valence-electron chi connectivity index (χ4n) is 0.742. The molecule has 0 atom stereocenters. The largest absolute Gasteiger partial charge is 0.461 e. The lowest BCUT2D eigenvalue weighted by Crippen LogP contribution is -2.18. The van der Waals surface area contributed by atoms with Crippen LogP contribution in [-0.2, 0) is 9.53 Å². The van der Waals surface area contributed by atoms with E-state index in [0.29, 0.717) is 18.1 Å². The first kappa shape index (κ1) is 14.3. The number of hydrogen-bond acceptors (Lipinski definition) is 5. The molecule has 0 aliphatic rings. The summed E-state index contributed by atoms with van der Waals surface area (Å²) in [6.45, 7) is 4.15. The summed E-state index contributed by atoms with van der Waals surface area (Å²) < 4.78 is 4.80. The minimum Gasteiger partial charge on any atom is -0.461 e. The Morgan fingerprint density at radius 2 is 2.38 bits per heavy atom. The summed E-state index contributed by atoms with van der Waals surface area (Å²) in [5.41, 5.74) is 0. The van der Waals surface area contributed by atoms with E-state index in [2.05, 4.69) is 19.2 Å². The Hall–Kier alpha value is -1.67. The number of nitriles is 1. The number of carbonyl (C=O) groups excluding carboxylic acids is 1. The van der Waals surface area contributed by atoms with Gasteiger partial charge in [-0.05, 0) is 18.4 Å². The molecule has 0 saturated carbocycles. The maximum Gasteiger partial charge on any atom is 0.330 e. The summed E-state index contributed by atoms with van der Waals surface area (Å²) in [6, 6.07) is 1.88. The predicted octanol–water partition coefficient (Wildman–Crippen LogP) is 1.50. The van der Waals surface area contributed by atoms with Crippen molar-refractivity contribution in [1.82, 2.24) is 4.90 Å². The van der Waals surface area contributed by atoms with Crippen molar-refractivity contribution in [1.29, 1.82) is 5.26 Å². The molecule has 0 heterocycles. The normalized spacial score (nSPS) is 10.9. The number of thiol groups is 1. The first-order valence-electron chi connectivity index (χ1n) is 4.57. The van der Waals surface area contributed by atoms with Gasteiger partial charge in [0.15, 0.2) is 0 Å². The number of esters is 1. The lowest BCUT2D eigenvalue weighted by Gasteiger charge is -2.12. The van der Waals surface area contributed by atoms with Gasteiger partial charge in [-0.3, -0.25) is 0 Å². The van der Waals surface area contributed by atoms with E-state index in [1.807, 2.05) is 18.0 Å². The SMILES string of the molecule is C=CC(=O)OCCN(C)/C=C/C=C(/S)C#N. The molecule has 16 heavy (non-hydrogen) atoms. The number of rotatable bonds is 6. The number of likely N-dealkylation sites (N-methyl/N-ethyl adjacent to an activating group) is 1. The van der Waals surface area contributed by atoms with Gasteiger partial charge in [0.1, 0.15) is 12.7 Å². The Labute approximate surface area is 101 Å². The van der Waals surface area contributed by atoms with Gasteiger partial charge in [-0.25, -0.2) is 4.79 Å². The van der Waals surface area contributed by atoms with Crippen LogP contribution in [0.2, 0.25) is 0 Å². The first-order chi connectivity index (χ1) is 7.60. The Morgan fingerprint density at radius 1 is 1.69 bits per heavy atom. The lowest BCUT2D eigenvalue weighted by molar-refractivity contribution is -0.137. The Bertz CT molecular complexity index is 342. The third-order valence-electron chi connectivity index (χ3n) is 1.56. The van der Waals surface area contributed by atoms with Crippen LogP contribution < -0.4 is 0 Å². The Balaban J connectivity index is 3.83. The van der Waals surface area contributed by atoms with Crippen LogP contribution >= 0.6 is 12.6 Å². The van der Waals surface area contributed by atoms with Gasteiger partial charge < -0.3 is 9.64 Å². The summed E-state index contributed by atoms with van der Waals surface area (Å²) >= 11 is 3.89. The molecule has 0 amide bonds. The third kappa shape index (κ3) is 7.71. The van der Waals surface area contributed by atoms with Gasteiger partial charge in [0, 0.05) is 13.1 Å². The van der Waals surface area contributed by atoms with Crippen LogP contribution in [0.15, 0.2) is 35.9 Å². The predicted molar refractivity (Wildman–Crippen MR) is 65.6 cm³/mol. The Morgan fingerprint density at radius 3 is 2.94 bits per heavy atom. The Kier molecular flexibility index (Phi) is 7.72. The van der Waals surface area contributed by atoms with Gasteiger partial charge in [0.2, 0.25) is 0 Å². The summed E-state index contributed by atoms with van der Waals surface area (Å²) in [4.78, 5) is 12.9. The molecule has 0 rings (SSSR count). The highest BCUT2D eigenvalue weighted by Crippen LogP contribution is 1.97. The second-order valence-electron chi connectivity index (χ2n) is 2.86. The quantitative estimate of drug-likeness (QED) is 0.250. The zero-order valence-corrected chi connectivity index (χ0v) is 9.98. The van der Waals surface area contributed by atoms with Crippen molar-refractivity contribution in [3.05, 3.63) is 35.9 Å². The van der Waals surface area contributed by atoms with Gasteiger partial charge in [-0.2, -0.15) is 5.26 Å². The van der Waals surface area contributed by atoms with Crippen LogP contribution in [0.1, 0.15) is 0 Å². The van der Waals surface area contributed by atoms with Gasteiger partial charge in [0.05, 0.1) is 11.4 Å². The summed E-state index contributed by atoms with van der Waals surface area (Å²) in [7, 11) is 1.83. The van der Waals surface area contributed by atoms with E-state index in [4.69, 9.17) is 10.00 Å². The maximum atomic E-state index is 10.7. The fraction of sp³-hybridized carbons (Fsp3) is 0.273. The molecule has 0 aliphatic heterocycles. The van der Waals surface area contributed by atoms with E-state index < -0.39 is 5.97 Å². The van der Waals surface area contributed by atoms with Crippen molar-refractivity contribution in [2.24, 2.45) is 0 Å². The van der Waals surface area contributed by atoms with Crippen LogP contribution in [0.3, 0.4) is 0 Å². The molecule has 0 aromatic carbocycles. The zero-order chi connectivity index (χ0) is 12.4. The van der Waals surface area contributed by atoms with Gasteiger partial charge in [-0.15, -0.1) is 12.6 Å². The van der Waals surface area contributed by atoms with E-state index in [9.17, 15) is 4.79 Å². The molecule has 0 aliphatic carbocycles. The highest BCUT2D eigenvalue weighted by atomic mass is 32.1. The summed E-state index contributed by atoms with van der Waals surface area (Å²) in [5, 5.41) is 8.42. The average Bonchev–Trinajstić information content (AvgIpc) is 2.28. The molecule has 0 unspecified atom stereocenters. The molecule has 0 N–H and O–H groups in total. The molecule has 4 nitrogen and oxygen atoms in total. The minimum absolute atomic E-state index is 0.293. The fourth-order valence-corrected chi connectivity index (χ4v) is 0.828. The van der Waals surface area contributed by atoms with E-state index in [1.165, 1.54) is 0 Å². The lowest BCUT2D eigenvalue weighted by atomic mass is 10.5. The molecule has 5 heteroatoms. The third-order valence-corrected chi connectivity index (χ3v) is 1.81. The standard InChI is InChI=1S/C11H14N2O2S/c1-3-11(14)15-8-7-13(2)6-4-5-10(16)9-12/h3-6,16H,1,7-8H2,2H3/b6-4+,10-5+. The van der Waals surface area contributed by atoms with Crippen LogP contribution in [0.25, 0.3) is 0 Å². The monoisotopic (exact) mass is 238 g/mol. The second kappa shape index (κ2) is 8.62. The molecular formula is C11H14N2O2S. The van der Waals surface area contributed by atoms with Gasteiger partial charge in [-0.1, -0.05) is 6.58 Å². The molecule has 0 bridgehead atoms. The molecule has 0 fully saturated rings. The van der Waals surface area contributed by atoms with Crippen molar-refractivity contribution in [3.8, 4) is 6.07 Å². The first-order valence-corrected chi connectivity index (χ1v) is 5.02. The zero-order valence-electron chi connectivity index (χ0n) is 9.09. The molecule has 0 aromatic rings. The second-order valence-corrected chi connectivity index (χ2v) is 3.34. The van der Waals surface area contributed by atoms with E-state index >= 15 is 0 Å². The number of hydrogen-bond donors (Lipinski definition) is 1. The number of nitrogens with zero attached hydrogens (tertiary/aromatic N) is 2. The molecule has 0 radical (unpaired) electrons. The van der Waals surface area contributed by atoms with E-state index in [-0.39, 0.29) is 0 Å². The minimum atomic E-state index is -0.431. The topological polar surface area (TPSA) is 53.3 Å². The number of carbonyl (C=O) groups is 1. The van der Waals surface area contributed by atoms with Crippen molar-refractivity contribution >= 4 is 18.6 Å². The summed E-state index contributed by atoms with van der Waals surface area (Å²) in [5.74, 6) is -0.431. The van der Waals surface area contributed by atoms with Crippen molar-refractivity contribution in [2.45, 2.75) is 0 Å². The van der Waals surface area contributed by atoms with Crippen LogP contribution in [-0.4, -0.2) is 31.1 Å².